The van der Waals surface area contributed by atoms with Gasteiger partial charge in [0.15, 0.2) is 0 Å². The van der Waals surface area contributed by atoms with Gasteiger partial charge in [-0.2, -0.15) is 0 Å². The lowest BCUT2D eigenvalue weighted by atomic mass is 9.82. The summed E-state index contributed by atoms with van der Waals surface area (Å²) in [4.78, 5) is 0. The van der Waals surface area contributed by atoms with Crippen molar-refractivity contribution in [2.75, 3.05) is 0 Å². The molecule has 0 heterocycles. The third-order valence-corrected chi connectivity index (χ3v) is 3.82. The van der Waals surface area contributed by atoms with E-state index in [1.54, 1.807) is 0 Å². The first-order valence-electron chi connectivity index (χ1n) is 4.30. The predicted octanol–water partition coefficient (Wildman–Crippen LogP) is 1.80. The van der Waals surface area contributed by atoms with E-state index in [0.29, 0.717) is 11.3 Å². The summed E-state index contributed by atoms with van der Waals surface area (Å²) in [6, 6.07) is 0. The number of hydrogen-bond donors (Lipinski definition) is 1. The molecule has 2 aliphatic carbocycles. The van der Waals surface area contributed by atoms with E-state index in [9.17, 15) is 5.11 Å². The van der Waals surface area contributed by atoms with E-state index in [2.05, 4.69) is 13.8 Å². The SMILES string of the molecule is CC1(C)[C@@H]2CC[C@H]1[C@@H](O)C2. The van der Waals surface area contributed by atoms with Gasteiger partial charge in [0, 0.05) is 0 Å². The van der Waals surface area contributed by atoms with Gasteiger partial charge in [-0.25, -0.2) is 0 Å². The van der Waals surface area contributed by atoms with Crippen LogP contribution in [0.5, 0.6) is 0 Å². The number of aliphatic hydroxyl groups is 1. The van der Waals surface area contributed by atoms with Crippen molar-refractivity contribution in [2.24, 2.45) is 17.3 Å². The Balaban J connectivity index is 2.27. The van der Waals surface area contributed by atoms with Crippen LogP contribution >= 0.6 is 0 Å². The molecule has 0 unspecified atom stereocenters. The number of aliphatic hydroxyl groups excluding tert-OH is 1. The topological polar surface area (TPSA) is 20.2 Å². The van der Waals surface area contributed by atoms with Crippen molar-refractivity contribution in [1.82, 2.24) is 0 Å². The average Bonchev–Trinajstić information content (AvgIpc) is 2.20. The predicted molar refractivity (Wildman–Crippen MR) is 40.6 cm³/mol. The third kappa shape index (κ3) is 0.619. The molecule has 0 aromatic heterocycles. The molecular formula is C9H16O. The summed E-state index contributed by atoms with van der Waals surface area (Å²) in [6.07, 6.45) is 3.71. The van der Waals surface area contributed by atoms with Crippen LogP contribution in [0.25, 0.3) is 0 Å². The molecular weight excluding hydrogens is 124 g/mol. The minimum absolute atomic E-state index is 0.0220. The maximum Gasteiger partial charge on any atom is 0.0576 e. The second-order valence-corrected chi connectivity index (χ2v) is 4.51. The van der Waals surface area contributed by atoms with Gasteiger partial charge in [0.05, 0.1) is 6.10 Å². The fraction of sp³-hybridized carbons (Fsp3) is 1.00. The lowest BCUT2D eigenvalue weighted by molar-refractivity contribution is 0.0949. The first-order chi connectivity index (χ1) is 4.62. The van der Waals surface area contributed by atoms with E-state index in [0.717, 1.165) is 12.3 Å². The van der Waals surface area contributed by atoms with Crippen molar-refractivity contribution in [3.05, 3.63) is 0 Å². The molecule has 2 rings (SSSR count). The van der Waals surface area contributed by atoms with Crippen molar-refractivity contribution < 1.29 is 5.11 Å². The van der Waals surface area contributed by atoms with Gasteiger partial charge in [0.25, 0.3) is 0 Å². The number of rotatable bonds is 0. The molecule has 0 saturated heterocycles. The zero-order valence-electron chi connectivity index (χ0n) is 6.80. The molecule has 0 amide bonds. The zero-order chi connectivity index (χ0) is 7.35. The Hall–Kier alpha value is -0.0400. The smallest absolute Gasteiger partial charge is 0.0576 e. The maximum absolute atomic E-state index is 9.55. The summed E-state index contributed by atoms with van der Waals surface area (Å²) in [6.45, 7) is 4.62. The molecule has 10 heavy (non-hydrogen) atoms. The molecule has 0 spiro atoms. The Bertz CT molecular complexity index is 151. The quantitative estimate of drug-likeness (QED) is 0.544. The molecule has 0 aromatic carbocycles. The van der Waals surface area contributed by atoms with Crippen molar-refractivity contribution in [2.45, 2.75) is 39.2 Å². The molecule has 0 aromatic rings. The Morgan fingerprint density at radius 2 is 2.00 bits per heavy atom. The summed E-state index contributed by atoms with van der Waals surface area (Å²) < 4.78 is 0. The Labute approximate surface area is 62.4 Å². The molecule has 0 aliphatic heterocycles. The van der Waals surface area contributed by atoms with Gasteiger partial charge in [-0.05, 0) is 36.5 Å². The Morgan fingerprint density at radius 3 is 2.20 bits per heavy atom. The highest BCUT2D eigenvalue weighted by molar-refractivity contribution is 5.02. The highest BCUT2D eigenvalue weighted by atomic mass is 16.3. The highest BCUT2D eigenvalue weighted by Crippen LogP contribution is 2.57. The van der Waals surface area contributed by atoms with E-state index < -0.39 is 0 Å². The summed E-state index contributed by atoms with van der Waals surface area (Å²) in [5.74, 6) is 1.42. The molecule has 0 radical (unpaired) electrons. The van der Waals surface area contributed by atoms with Crippen LogP contribution in [0.1, 0.15) is 33.1 Å². The number of hydrogen-bond acceptors (Lipinski definition) is 1. The van der Waals surface area contributed by atoms with E-state index in [-0.39, 0.29) is 6.10 Å². The van der Waals surface area contributed by atoms with Crippen molar-refractivity contribution >= 4 is 0 Å². The van der Waals surface area contributed by atoms with Gasteiger partial charge >= 0.3 is 0 Å². The zero-order valence-corrected chi connectivity index (χ0v) is 6.80. The lowest BCUT2D eigenvalue weighted by Crippen LogP contribution is -2.22. The van der Waals surface area contributed by atoms with Crippen LogP contribution in [-0.4, -0.2) is 11.2 Å². The summed E-state index contributed by atoms with van der Waals surface area (Å²) >= 11 is 0. The third-order valence-electron chi connectivity index (χ3n) is 3.82. The van der Waals surface area contributed by atoms with Gasteiger partial charge in [-0.1, -0.05) is 13.8 Å². The lowest BCUT2D eigenvalue weighted by Gasteiger charge is -2.24. The van der Waals surface area contributed by atoms with Crippen LogP contribution in [0.2, 0.25) is 0 Å². The first-order valence-corrected chi connectivity index (χ1v) is 4.30. The molecule has 2 aliphatic rings. The van der Waals surface area contributed by atoms with Crippen molar-refractivity contribution in [1.29, 1.82) is 0 Å². The maximum atomic E-state index is 9.55. The van der Waals surface area contributed by atoms with Gasteiger partial charge in [-0.3, -0.25) is 0 Å². The van der Waals surface area contributed by atoms with E-state index >= 15 is 0 Å². The average molecular weight is 140 g/mol. The van der Waals surface area contributed by atoms with Gasteiger partial charge in [0.1, 0.15) is 0 Å². The minimum Gasteiger partial charge on any atom is -0.393 e. The largest absolute Gasteiger partial charge is 0.393 e. The molecule has 58 valence electrons. The fourth-order valence-electron chi connectivity index (χ4n) is 2.99. The van der Waals surface area contributed by atoms with E-state index in [1.807, 2.05) is 0 Å². The van der Waals surface area contributed by atoms with Crippen LogP contribution in [-0.2, 0) is 0 Å². The second-order valence-electron chi connectivity index (χ2n) is 4.51. The first kappa shape index (κ1) is 6.66. The minimum atomic E-state index is 0.0220. The molecule has 2 bridgehead atoms. The Morgan fingerprint density at radius 1 is 1.30 bits per heavy atom. The van der Waals surface area contributed by atoms with Crippen LogP contribution < -0.4 is 0 Å². The summed E-state index contributed by atoms with van der Waals surface area (Å²) in [5, 5.41) is 9.55. The normalized spacial score (nSPS) is 50.1. The van der Waals surface area contributed by atoms with Crippen LogP contribution in [0.15, 0.2) is 0 Å². The highest BCUT2D eigenvalue weighted by Gasteiger charge is 2.52. The number of fused-ring (bicyclic) bond motifs is 2. The fourth-order valence-corrected chi connectivity index (χ4v) is 2.99. The molecule has 2 saturated carbocycles. The molecule has 1 heteroatoms. The van der Waals surface area contributed by atoms with Crippen LogP contribution in [0.4, 0.5) is 0 Å². The molecule has 3 atom stereocenters. The Kier molecular flexibility index (Phi) is 1.17. The van der Waals surface area contributed by atoms with E-state index in [4.69, 9.17) is 0 Å². The monoisotopic (exact) mass is 140 g/mol. The second kappa shape index (κ2) is 1.76. The van der Waals surface area contributed by atoms with Crippen LogP contribution in [0.3, 0.4) is 0 Å². The van der Waals surface area contributed by atoms with Gasteiger partial charge in [-0.15, -0.1) is 0 Å². The van der Waals surface area contributed by atoms with Crippen LogP contribution in [0, 0.1) is 17.3 Å². The van der Waals surface area contributed by atoms with E-state index in [1.165, 1.54) is 12.8 Å². The summed E-state index contributed by atoms with van der Waals surface area (Å²) in [7, 11) is 0. The van der Waals surface area contributed by atoms with Gasteiger partial charge in [0.2, 0.25) is 0 Å². The van der Waals surface area contributed by atoms with Crippen molar-refractivity contribution in [3.8, 4) is 0 Å². The molecule has 1 nitrogen and oxygen atoms in total. The molecule has 2 fully saturated rings. The molecule has 1 N–H and O–H groups in total. The van der Waals surface area contributed by atoms with Gasteiger partial charge < -0.3 is 5.11 Å². The van der Waals surface area contributed by atoms with Crippen molar-refractivity contribution in [3.63, 3.8) is 0 Å². The summed E-state index contributed by atoms with van der Waals surface area (Å²) in [5.41, 5.74) is 0.444. The standard InChI is InChI=1S/C9H16O/c1-9(2)6-3-4-7(9)8(10)5-6/h6-8,10H,3-5H2,1-2H3/t6-,7+,8+/m1/s1.